The molecule has 3 aromatic rings. The van der Waals surface area contributed by atoms with E-state index in [2.05, 4.69) is 10.5 Å². The van der Waals surface area contributed by atoms with Gasteiger partial charge in [-0.05, 0) is 48.9 Å². The Labute approximate surface area is 198 Å². The fraction of sp³-hybridized carbons (Fsp3) is 0.167. The molecule has 0 unspecified atom stereocenters. The number of nitrogens with one attached hydrogen (secondary N) is 1. The van der Waals surface area contributed by atoms with E-state index in [4.69, 9.17) is 9.47 Å². The van der Waals surface area contributed by atoms with E-state index in [1.807, 2.05) is 0 Å². The van der Waals surface area contributed by atoms with Crippen molar-refractivity contribution in [2.24, 2.45) is 5.10 Å². The number of methoxy groups -OCH3 is 2. The lowest BCUT2D eigenvalue weighted by molar-refractivity contribution is -0.119. The van der Waals surface area contributed by atoms with E-state index in [-0.39, 0.29) is 22.1 Å². The van der Waals surface area contributed by atoms with Crippen molar-refractivity contribution >= 4 is 27.8 Å². The highest BCUT2D eigenvalue weighted by atomic mass is 32.2. The zero-order valence-corrected chi connectivity index (χ0v) is 19.7. The van der Waals surface area contributed by atoms with Crippen molar-refractivity contribution in [3.8, 4) is 17.2 Å². The molecule has 0 heterocycles. The molecule has 3 aromatic carbocycles. The van der Waals surface area contributed by atoms with Crippen LogP contribution in [0.2, 0.25) is 0 Å². The molecule has 0 aliphatic heterocycles. The summed E-state index contributed by atoms with van der Waals surface area (Å²) < 4.78 is 38.3. The van der Waals surface area contributed by atoms with Crippen LogP contribution in [0.25, 0.3) is 0 Å². The molecular formula is C24H25N3O6S. The molecule has 34 heavy (non-hydrogen) atoms. The molecule has 0 saturated carbocycles. The summed E-state index contributed by atoms with van der Waals surface area (Å²) in [6, 6.07) is 17.7. The average molecular weight is 484 g/mol. The van der Waals surface area contributed by atoms with Gasteiger partial charge in [-0.25, -0.2) is 13.8 Å². The number of phenols is 1. The number of hydrogen-bond donors (Lipinski definition) is 2. The van der Waals surface area contributed by atoms with Gasteiger partial charge in [0, 0.05) is 5.56 Å². The number of carbonyl (C=O) groups is 1. The van der Waals surface area contributed by atoms with Crippen molar-refractivity contribution in [3.05, 3.63) is 77.9 Å². The number of carbonyl (C=O) groups excluding carboxylic acids is 1. The summed E-state index contributed by atoms with van der Waals surface area (Å²) in [6.45, 7) is 1.25. The molecule has 0 aliphatic rings. The minimum absolute atomic E-state index is 0.0242. The van der Waals surface area contributed by atoms with E-state index in [1.54, 1.807) is 61.5 Å². The summed E-state index contributed by atoms with van der Waals surface area (Å²) in [5, 5.41) is 14.0. The Morgan fingerprint density at radius 1 is 1.03 bits per heavy atom. The molecule has 0 radical (unpaired) electrons. The fourth-order valence-electron chi connectivity index (χ4n) is 3.16. The molecule has 0 saturated heterocycles. The van der Waals surface area contributed by atoms with Crippen LogP contribution in [0.4, 0.5) is 5.69 Å². The van der Waals surface area contributed by atoms with Crippen LogP contribution in [0.1, 0.15) is 11.1 Å². The maximum absolute atomic E-state index is 13.5. The van der Waals surface area contributed by atoms with Gasteiger partial charge in [-0.3, -0.25) is 9.10 Å². The van der Waals surface area contributed by atoms with Gasteiger partial charge in [0.15, 0.2) is 11.5 Å². The number of ether oxygens (including phenoxy) is 2. The Kier molecular flexibility index (Phi) is 7.75. The predicted octanol–water partition coefficient (Wildman–Crippen LogP) is 3.06. The first kappa shape index (κ1) is 24.6. The third-order valence-corrected chi connectivity index (χ3v) is 6.64. The van der Waals surface area contributed by atoms with Gasteiger partial charge in [-0.2, -0.15) is 5.10 Å². The summed E-state index contributed by atoms with van der Waals surface area (Å²) in [5.74, 6) is -0.285. The summed E-state index contributed by atoms with van der Waals surface area (Å²) in [7, 11) is -1.27. The van der Waals surface area contributed by atoms with Crippen molar-refractivity contribution < 1.29 is 27.8 Å². The van der Waals surface area contributed by atoms with E-state index in [1.165, 1.54) is 32.6 Å². The van der Waals surface area contributed by atoms with Gasteiger partial charge in [-0.15, -0.1) is 0 Å². The fourth-order valence-corrected chi connectivity index (χ4v) is 4.61. The number of anilines is 1. The minimum atomic E-state index is -4.11. The first-order chi connectivity index (χ1) is 16.3. The number of aromatic hydroxyl groups is 1. The van der Waals surface area contributed by atoms with Crippen LogP contribution in [0, 0.1) is 6.92 Å². The highest BCUT2D eigenvalue weighted by Crippen LogP contribution is 2.33. The molecule has 0 spiro atoms. The minimum Gasteiger partial charge on any atom is -0.504 e. The predicted molar refractivity (Wildman–Crippen MR) is 129 cm³/mol. The number of para-hydroxylation sites is 1. The first-order valence-corrected chi connectivity index (χ1v) is 11.6. The Morgan fingerprint density at radius 3 is 2.41 bits per heavy atom. The average Bonchev–Trinajstić information content (AvgIpc) is 2.84. The topological polar surface area (TPSA) is 118 Å². The Morgan fingerprint density at radius 2 is 1.74 bits per heavy atom. The molecule has 1 amide bonds. The van der Waals surface area contributed by atoms with Crippen LogP contribution in [-0.2, 0) is 14.8 Å². The van der Waals surface area contributed by atoms with E-state index in [9.17, 15) is 18.3 Å². The van der Waals surface area contributed by atoms with Crippen LogP contribution in [0.15, 0.2) is 76.7 Å². The third-order valence-electron chi connectivity index (χ3n) is 4.86. The number of rotatable bonds is 9. The number of amides is 1. The number of sulfonamides is 1. The van der Waals surface area contributed by atoms with Gasteiger partial charge < -0.3 is 14.6 Å². The highest BCUT2D eigenvalue weighted by Gasteiger charge is 2.29. The van der Waals surface area contributed by atoms with Crippen LogP contribution in [0.3, 0.4) is 0 Å². The highest BCUT2D eigenvalue weighted by molar-refractivity contribution is 7.92. The van der Waals surface area contributed by atoms with Crippen LogP contribution >= 0.6 is 0 Å². The number of hydrazone groups is 1. The van der Waals surface area contributed by atoms with Gasteiger partial charge in [-0.1, -0.05) is 30.3 Å². The van der Waals surface area contributed by atoms with Gasteiger partial charge in [0.25, 0.3) is 15.9 Å². The van der Waals surface area contributed by atoms with Crippen molar-refractivity contribution in [1.82, 2.24) is 5.43 Å². The molecule has 0 atom stereocenters. The largest absolute Gasteiger partial charge is 0.504 e. The summed E-state index contributed by atoms with van der Waals surface area (Å²) in [5.41, 5.74) is 3.62. The molecular weight excluding hydrogens is 458 g/mol. The molecule has 3 rings (SSSR count). The van der Waals surface area contributed by atoms with Crippen molar-refractivity contribution in [2.45, 2.75) is 11.8 Å². The second kappa shape index (κ2) is 10.7. The van der Waals surface area contributed by atoms with Gasteiger partial charge >= 0.3 is 0 Å². The van der Waals surface area contributed by atoms with E-state index < -0.39 is 22.5 Å². The van der Waals surface area contributed by atoms with Crippen molar-refractivity contribution in [1.29, 1.82) is 0 Å². The molecule has 0 bridgehead atoms. The maximum Gasteiger partial charge on any atom is 0.264 e. The van der Waals surface area contributed by atoms with Gasteiger partial charge in [0.1, 0.15) is 12.3 Å². The lowest BCUT2D eigenvalue weighted by atomic mass is 10.2. The molecule has 178 valence electrons. The first-order valence-electron chi connectivity index (χ1n) is 10.2. The smallest absolute Gasteiger partial charge is 0.264 e. The van der Waals surface area contributed by atoms with Gasteiger partial charge in [0.05, 0.1) is 31.0 Å². The van der Waals surface area contributed by atoms with Crippen LogP contribution in [0.5, 0.6) is 17.2 Å². The normalized spacial score (nSPS) is 11.3. The summed E-state index contributed by atoms with van der Waals surface area (Å²) in [6.07, 6.45) is 1.24. The number of nitrogens with zero attached hydrogens (tertiary/aromatic N) is 2. The van der Waals surface area contributed by atoms with Crippen molar-refractivity contribution in [2.75, 3.05) is 25.1 Å². The number of benzene rings is 3. The maximum atomic E-state index is 13.5. The standard InChI is InChI=1S/C24H25N3O6S/c1-17-12-13-21(32-2)20(14-17)27(34(30,31)19-9-5-4-6-10-19)16-23(28)26-25-15-18-8-7-11-22(33-3)24(18)29/h4-15,29H,16H2,1-3H3,(H,26,28)/b25-15+. The molecule has 9 nitrogen and oxygen atoms in total. The summed E-state index contributed by atoms with van der Waals surface area (Å²) >= 11 is 0. The molecule has 0 aromatic heterocycles. The number of aryl methyl sites for hydroxylation is 1. The molecule has 0 aliphatic carbocycles. The van der Waals surface area contributed by atoms with E-state index >= 15 is 0 Å². The second-order valence-electron chi connectivity index (χ2n) is 7.19. The Hall–Kier alpha value is -4.05. The lowest BCUT2D eigenvalue weighted by Gasteiger charge is -2.25. The zero-order valence-electron chi connectivity index (χ0n) is 18.9. The quantitative estimate of drug-likeness (QED) is 0.357. The summed E-state index contributed by atoms with van der Waals surface area (Å²) in [4.78, 5) is 12.8. The monoisotopic (exact) mass is 483 g/mol. The second-order valence-corrected chi connectivity index (χ2v) is 9.05. The molecule has 10 heteroatoms. The van der Waals surface area contributed by atoms with Crippen molar-refractivity contribution in [3.63, 3.8) is 0 Å². The Balaban J connectivity index is 1.91. The lowest BCUT2D eigenvalue weighted by Crippen LogP contribution is -2.39. The Bertz CT molecular complexity index is 1290. The third kappa shape index (κ3) is 5.46. The SMILES string of the molecule is COc1ccc(C)cc1N(CC(=O)N/N=C/c1cccc(OC)c1O)S(=O)(=O)c1ccccc1. The van der Waals surface area contributed by atoms with E-state index in [0.717, 1.165) is 9.87 Å². The van der Waals surface area contributed by atoms with Gasteiger partial charge in [0.2, 0.25) is 0 Å². The van der Waals surface area contributed by atoms with Crippen LogP contribution < -0.4 is 19.2 Å². The zero-order chi connectivity index (χ0) is 24.7. The molecule has 0 fully saturated rings. The molecule has 2 N–H and O–H groups in total. The number of phenolic OH excluding ortho intramolecular Hbond substituents is 1. The van der Waals surface area contributed by atoms with E-state index in [0.29, 0.717) is 11.3 Å². The van der Waals surface area contributed by atoms with Crippen LogP contribution in [-0.4, -0.2) is 46.4 Å². The number of hydrogen-bond acceptors (Lipinski definition) is 7.